The topological polar surface area (TPSA) is 49.4 Å². The van der Waals surface area contributed by atoms with E-state index in [1.807, 2.05) is 33.8 Å². The minimum absolute atomic E-state index is 0.358. The summed E-state index contributed by atoms with van der Waals surface area (Å²) < 4.78 is 26.8. The van der Waals surface area contributed by atoms with E-state index in [-0.39, 0.29) is 0 Å². The maximum atomic E-state index is 12.7. The molecule has 5 heteroatoms. The normalized spacial score (nSPS) is 12.9. The predicted molar refractivity (Wildman–Crippen MR) is 83.1 cm³/mol. The molecule has 1 aromatic rings. The van der Waals surface area contributed by atoms with Gasteiger partial charge >= 0.3 is 0 Å². The van der Waals surface area contributed by atoms with Gasteiger partial charge in [0.05, 0.1) is 4.90 Å². The Kier molecular flexibility index (Phi) is 5.74. The van der Waals surface area contributed by atoms with Crippen LogP contribution in [0.5, 0.6) is 0 Å². The van der Waals surface area contributed by atoms with Crippen molar-refractivity contribution in [2.24, 2.45) is 0 Å². The summed E-state index contributed by atoms with van der Waals surface area (Å²) in [6, 6.07) is 7.15. The molecule has 20 heavy (non-hydrogen) atoms. The van der Waals surface area contributed by atoms with Gasteiger partial charge in [0.2, 0.25) is 10.0 Å². The first-order chi connectivity index (χ1) is 9.25. The second-order valence-corrected chi connectivity index (χ2v) is 7.54. The fourth-order valence-corrected chi connectivity index (χ4v) is 3.44. The van der Waals surface area contributed by atoms with Crippen LogP contribution in [0.25, 0.3) is 0 Å². The van der Waals surface area contributed by atoms with Gasteiger partial charge in [0.1, 0.15) is 0 Å². The Morgan fingerprint density at radius 2 is 1.90 bits per heavy atom. The summed E-state index contributed by atoms with van der Waals surface area (Å²) in [5.74, 6) is 0. The van der Waals surface area contributed by atoms with Gasteiger partial charge in [-0.05, 0) is 44.5 Å². The van der Waals surface area contributed by atoms with Crippen molar-refractivity contribution in [1.29, 1.82) is 0 Å². The van der Waals surface area contributed by atoms with Crippen molar-refractivity contribution in [3.63, 3.8) is 0 Å². The summed E-state index contributed by atoms with van der Waals surface area (Å²) in [6.45, 7) is 9.44. The summed E-state index contributed by atoms with van der Waals surface area (Å²) in [5, 5.41) is 3.21. The van der Waals surface area contributed by atoms with Gasteiger partial charge in [-0.25, -0.2) is 8.42 Å². The molecule has 0 aliphatic heterocycles. The van der Waals surface area contributed by atoms with E-state index in [0.29, 0.717) is 11.4 Å². The molecule has 0 aliphatic rings. The molecular formula is C15H26N2O2S. The molecule has 0 radical (unpaired) electrons. The first-order valence-electron chi connectivity index (χ1n) is 7.04. The van der Waals surface area contributed by atoms with Crippen LogP contribution in [-0.4, -0.2) is 31.9 Å². The molecule has 114 valence electrons. The van der Waals surface area contributed by atoms with Gasteiger partial charge < -0.3 is 5.32 Å². The Bertz CT molecular complexity index is 539. The summed E-state index contributed by atoms with van der Waals surface area (Å²) in [6.07, 6.45) is 0.764. The van der Waals surface area contributed by atoms with Gasteiger partial charge in [0, 0.05) is 19.1 Å². The Labute approximate surface area is 123 Å². The molecule has 0 heterocycles. The lowest BCUT2D eigenvalue weighted by atomic mass is 10.0. The summed E-state index contributed by atoms with van der Waals surface area (Å²) in [5.41, 5.74) is 0.590. The van der Waals surface area contributed by atoms with Crippen LogP contribution in [0, 0.1) is 0 Å². The van der Waals surface area contributed by atoms with E-state index in [0.717, 1.165) is 18.5 Å². The largest absolute Gasteiger partial charge is 0.313 e. The molecule has 0 bridgehead atoms. The van der Waals surface area contributed by atoms with Gasteiger partial charge in [-0.2, -0.15) is 4.31 Å². The fourth-order valence-electron chi connectivity index (χ4n) is 1.79. The van der Waals surface area contributed by atoms with Crippen molar-refractivity contribution >= 4 is 10.0 Å². The van der Waals surface area contributed by atoms with E-state index in [4.69, 9.17) is 0 Å². The van der Waals surface area contributed by atoms with Crippen LogP contribution in [0.15, 0.2) is 29.2 Å². The maximum absolute atomic E-state index is 12.7. The third kappa shape index (κ3) is 3.81. The highest BCUT2D eigenvalue weighted by atomic mass is 32.2. The van der Waals surface area contributed by atoms with Crippen molar-refractivity contribution in [2.75, 3.05) is 13.6 Å². The monoisotopic (exact) mass is 298 g/mol. The summed E-state index contributed by atoms with van der Waals surface area (Å²) in [7, 11) is -1.80. The number of hydrogen-bond donors (Lipinski definition) is 1. The van der Waals surface area contributed by atoms with Crippen LogP contribution >= 0.6 is 0 Å². The van der Waals surface area contributed by atoms with Crippen molar-refractivity contribution in [1.82, 2.24) is 9.62 Å². The molecular weight excluding hydrogens is 272 g/mol. The average molecular weight is 298 g/mol. The van der Waals surface area contributed by atoms with E-state index < -0.39 is 15.6 Å². The highest BCUT2D eigenvalue weighted by Gasteiger charge is 2.32. The molecule has 1 rings (SSSR count). The zero-order valence-corrected chi connectivity index (χ0v) is 13.9. The second kappa shape index (κ2) is 6.70. The fraction of sp³-hybridized carbons (Fsp3) is 0.600. The van der Waals surface area contributed by atoms with Gasteiger partial charge in [0.25, 0.3) is 0 Å². The first-order valence-corrected chi connectivity index (χ1v) is 8.48. The van der Waals surface area contributed by atoms with E-state index in [2.05, 4.69) is 5.32 Å². The zero-order valence-electron chi connectivity index (χ0n) is 13.1. The van der Waals surface area contributed by atoms with E-state index >= 15 is 0 Å². The van der Waals surface area contributed by atoms with Gasteiger partial charge in [-0.15, -0.1) is 0 Å². The molecule has 0 fully saturated rings. The molecule has 0 amide bonds. The second-order valence-electron chi connectivity index (χ2n) is 5.57. The molecule has 0 unspecified atom stereocenters. The van der Waals surface area contributed by atoms with E-state index in [9.17, 15) is 8.42 Å². The Morgan fingerprint density at radius 3 is 2.45 bits per heavy atom. The number of nitrogens with zero attached hydrogens (tertiary/aromatic N) is 1. The molecule has 0 atom stereocenters. The van der Waals surface area contributed by atoms with Crippen LogP contribution < -0.4 is 5.32 Å². The number of rotatable bonds is 7. The van der Waals surface area contributed by atoms with Crippen LogP contribution in [0.1, 0.15) is 39.7 Å². The van der Waals surface area contributed by atoms with Crippen LogP contribution in [0.3, 0.4) is 0 Å². The summed E-state index contributed by atoms with van der Waals surface area (Å²) in [4.78, 5) is 0.358. The lowest BCUT2D eigenvalue weighted by Crippen LogP contribution is -2.44. The number of benzene rings is 1. The van der Waals surface area contributed by atoms with Gasteiger partial charge in [-0.1, -0.05) is 26.0 Å². The number of hydrogen-bond acceptors (Lipinski definition) is 3. The molecule has 0 aromatic heterocycles. The quantitative estimate of drug-likeness (QED) is 0.842. The molecule has 0 saturated heterocycles. The molecule has 1 aromatic carbocycles. The van der Waals surface area contributed by atoms with Crippen molar-refractivity contribution in [3.05, 3.63) is 29.8 Å². The average Bonchev–Trinajstić information content (AvgIpc) is 2.44. The SMILES string of the molecule is CCNCc1cccc(S(=O)(=O)N(C)C(C)(C)CC)c1. The zero-order chi connectivity index (χ0) is 15.4. The highest BCUT2D eigenvalue weighted by molar-refractivity contribution is 7.89. The minimum atomic E-state index is -3.45. The lowest BCUT2D eigenvalue weighted by Gasteiger charge is -2.33. The Balaban J connectivity index is 3.09. The van der Waals surface area contributed by atoms with Crippen molar-refractivity contribution in [3.8, 4) is 0 Å². The molecule has 4 nitrogen and oxygen atoms in total. The smallest absolute Gasteiger partial charge is 0.243 e. The third-order valence-electron chi connectivity index (χ3n) is 3.85. The molecule has 0 saturated carbocycles. The summed E-state index contributed by atoms with van der Waals surface area (Å²) >= 11 is 0. The molecule has 0 spiro atoms. The van der Waals surface area contributed by atoms with Crippen molar-refractivity contribution < 1.29 is 8.42 Å². The lowest BCUT2D eigenvalue weighted by molar-refractivity contribution is 0.257. The minimum Gasteiger partial charge on any atom is -0.313 e. The number of nitrogens with one attached hydrogen (secondary N) is 1. The first kappa shape index (κ1) is 17.1. The van der Waals surface area contributed by atoms with Crippen LogP contribution in [0.2, 0.25) is 0 Å². The molecule has 0 aliphatic carbocycles. The van der Waals surface area contributed by atoms with Crippen LogP contribution in [-0.2, 0) is 16.6 Å². The third-order valence-corrected chi connectivity index (χ3v) is 5.92. The molecule has 1 N–H and O–H groups in total. The Hall–Kier alpha value is -0.910. The predicted octanol–water partition coefficient (Wildman–Crippen LogP) is 2.61. The standard InChI is InChI=1S/C15H26N2O2S/c1-6-15(3,4)17(5)20(18,19)14-10-8-9-13(11-14)12-16-7-2/h8-11,16H,6-7,12H2,1-5H3. The van der Waals surface area contributed by atoms with E-state index in [1.54, 1.807) is 25.2 Å². The number of sulfonamides is 1. The van der Waals surface area contributed by atoms with Crippen molar-refractivity contribution in [2.45, 2.75) is 51.1 Å². The maximum Gasteiger partial charge on any atom is 0.243 e. The van der Waals surface area contributed by atoms with Gasteiger partial charge in [-0.3, -0.25) is 0 Å². The van der Waals surface area contributed by atoms with E-state index in [1.165, 1.54) is 4.31 Å². The van der Waals surface area contributed by atoms with Crippen LogP contribution in [0.4, 0.5) is 0 Å². The Morgan fingerprint density at radius 1 is 1.25 bits per heavy atom. The highest BCUT2D eigenvalue weighted by Crippen LogP contribution is 2.25. The van der Waals surface area contributed by atoms with Gasteiger partial charge in [0.15, 0.2) is 0 Å².